The molecule has 2 saturated heterocycles. The number of hydrogen-bond acceptors (Lipinski definition) is 7. The largest absolute Gasteiger partial charge is 0.447 e. The topological polar surface area (TPSA) is 102 Å². The summed E-state index contributed by atoms with van der Waals surface area (Å²) >= 11 is 0. The van der Waals surface area contributed by atoms with Gasteiger partial charge in [-0.15, -0.1) is 0 Å². The van der Waals surface area contributed by atoms with Crippen molar-refractivity contribution in [3.05, 3.63) is 70.3 Å². The summed E-state index contributed by atoms with van der Waals surface area (Å²) in [6, 6.07) is 14.7. The van der Waals surface area contributed by atoms with E-state index < -0.39 is 29.1 Å². The van der Waals surface area contributed by atoms with Gasteiger partial charge in [-0.2, -0.15) is 0 Å². The van der Waals surface area contributed by atoms with Crippen LogP contribution >= 0.6 is 0 Å². The third-order valence-electron chi connectivity index (χ3n) is 5.15. The van der Waals surface area contributed by atoms with Gasteiger partial charge < -0.3 is 4.74 Å². The minimum Gasteiger partial charge on any atom is -0.447 e. The maximum absolute atomic E-state index is 13.2. The molecule has 0 N–H and O–H groups in total. The minimum atomic E-state index is -0.692. The summed E-state index contributed by atoms with van der Waals surface area (Å²) in [7, 11) is 0. The number of carbonyl (C=O) groups is 2. The molecule has 2 aliphatic rings. The zero-order valence-corrected chi connectivity index (χ0v) is 15.6. The van der Waals surface area contributed by atoms with Crippen molar-refractivity contribution in [2.75, 3.05) is 18.2 Å². The highest BCUT2D eigenvalue weighted by Crippen LogP contribution is 2.43. The maximum Gasteiger partial charge on any atom is 0.416 e. The van der Waals surface area contributed by atoms with Crippen LogP contribution in [-0.4, -0.2) is 41.1 Å². The van der Waals surface area contributed by atoms with E-state index in [0.717, 1.165) is 10.6 Å². The highest BCUT2D eigenvalue weighted by atomic mass is 16.7. The lowest BCUT2D eigenvalue weighted by molar-refractivity contribution is -0.384. The summed E-state index contributed by atoms with van der Waals surface area (Å²) in [5, 5.41) is 12.6. The van der Waals surface area contributed by atoms with Crippen molar-refractivity contribution in [3.8, 4) is 0 Å². The monoisotopic (exact) mass is 397 g/mol. The van der Waals surface area contributed by atoms with E-state index >= 15 is 0 Å². The third kappa shape index (κ3) is 3.40. The van der Waals surface area contributed by atoms with Gasteiger partial charge in [0.2, 0.25) is 5.91 Å². The number of rotatable bonds is 4. The quantitative estimate of drug-likeness (QED) is 0.577. The number of nitro groups is 1. The second-order valence-electron chi connectivity index (χ2n) is 6.90. The molecule has 0 spiro atoms. The van der Waals surface area contributed by atoms with Gasteiger partial charge in [-0.3, -0.25) is 19.7 Å². The Morgan fingerprint density at radius 1 is 1.14 bits per heavy atom. The molecule has 0 radical (unpaired) electrons. The Morgan fingerprint density at radius 3 is 2.41 bits per heavy atom. The first-order valence-corrected chi connectivity index (χ1v) is 9.21. The zero-order valence-electron chi connectivity index (χ0n) is 15.6. The summed E-state index contributed by atoms with van der Waals surface area (Å²) in [4.78, 5) is 42.8. The van der Waals surface area contributed by atoms with Crippen LogP contribution in [0.1, 0.15) is 18.5 Å². The molecule has 0 saturated carbocycles. The second-order valence-corrected chi connectivity index (χ2v) is 6.90. The lowest BCUT2D eigenvalue weighted by Gasteiger charge is -2.28. The van der Waals surface area contributed by atoms with Gasteiger partial charge in [0.1, 0.15) is 6.61 Å². The summed E-state index contributed by atoms with van der Waals surface area (Å²) in [5.74, 6) is -1.08. The van der Waals surface area contributed by atoms with Crippen LogP contribution in [-0.2, 0) is 14.4 Å². The van der Waals surface area contributed by atoms with Gasteiger partial charge >= 0.3 is 6.09 Å². The van der Waals surface area contributed by atoms with Crippen LogP contribution in [0.15, 0.2) is 54.6 Å². The SMILES string of the molecule is C[C@@H]1ON(c2ccccc2)[C@H](c2ccc([N+](=O)[O-])cc2)[C@H]1C(=O)N1CCOC1=O. The minimum absolute atomic E-state index is 0.0435. The Labute approximate surface area is 166 Å². The highest BCUT2D eigenvalue weighted by Gasteiger charge is 2.49. The lowest BCUT2D eigenvalue weighted by Crippen LogP contribution is -2.41. The number of carbonyl (C=O) groups excluding carboxylic acids is 2. The number of benzene rings is 2. The molecule has 2 aromatic rings. The number of hydrogen-bond donors (Lipinski definition) is 0. The summed E-state index contributed by atoms with van der Waals surface area (Å²) in [5.41, 5.74) is 1.37. The molecule has 2 fully saturated rings. The zero-order chi connectivity index (χ0) is 20.5. The van der Waals surface area contributed by atoms with Gasteiger partial charge in [-0.1, -0.05) is 30.3 Å². The molecule has 3 atom stereocenters. The summed E-state index contributed by atoms with van der Waals surface area (Å²) < 4.78 is 4.91. The number of para-hydroxylation sites is 1. The predicted molar refractivity (Wildman–Crippen MR) is 102 cm³/mol. The maximum atomic E-state index is 13.2. The van der Waals surface area contributed by atoms with Crippen LogP contribution < -0.4 is 5.06 Å². The van der Waals surface area contributed by atoms with Crippen molar-refractivity contribution in [1.82, 2.24) is 4.90 Å². The molecule has 2 heterocycles. The van der Waals surface area contributed by atoms with E-state index in [9.17, 15) is 19.7 Å². The van der Waals surface area contributed by atoms with Crippen LogP contribution in [0.3, 0.4) is 0 Å². The standard InChI is InChI=1S/C20H19N3O6/c1-13-17(19(24)21-11-12-28-20(21)25)18(14-7-9-16(10-8-14)23(26)27)22(29-13)15-5-3-2-4-6-15/h2-10,13,17-18H,11-12H2,1H3/t13-,17-,18+/m0/s1. The van der Waals surface area contributed by atoms with E-state index in [1.165, 1.54) is 12.1 Å². The van der Waals surface area contributed by atoms with E-state index in [4.69, 9.17) is 9.57 Å². The van der Waals surface area contributed by atoms with Crippen molar-refractivity contribution in [1.29, 1.82) is 0 Å². The van der Waals surface area contributed by atoms with Crippen LogP contribution in [0.4, 0.5) is 16.2 Å². The number of cyclic esters (lactones) is 1. The fourth-order valence-electron chi connectivity index (χ4n) is 3.75. The molecule has 29 heavy (non-hydrogen) atoms. The van der Waals surface area contributed by atoms with Crippen molar-refractivity contribution >= 4 is 23.4 Å². The molecule has 0 aliphatic carbocycles. The van der Waals surface area contributed by atoms with E-state index in [1.807, 2.05) is 30.3 Å². The average Bonchev–Trinajstić information content (AvgIpc) is 3.31. The van der Waals surface area contributed by atoms with Gasteiger partial charge in [0.25, 0.3) is 5.69 Å². The third-order valence-corrected chi connectivity index (χ3v) is 5.15. The van der Waals surface area contributed by atoms with Crippen molar-refractivity contribution in [2.45, 2.75) is 19.1 Å². The van der Waals surface area contributed by atoms with E-state index in [1.54, 1.807) is 24.1 Å². The second kappa shape index (κ2) is 7.51. The van der Waals surface area contributed by atoms with E-state index in [0.29, 0.717) is 5.56 Å². The fraction of sp³-hybridized carbons (Fsp3) is 0.300. The first-order chi connectivity index (χ1) is 14.0. The molecular formula is C20H19N3O6. The van der Waals surface area contributed by atoms with Crippen LogP contribution in [0.25, 0.3) is 0 Å². The summed E-state index contributed by atoms with van der Waals surface area (Å²) in [6.07, 6.45) is -1.18. The molecule has 9 heteroatoms. The molecule has 0 bridgehead atoms. The van der Waals surface area contributed by atoms with Gasteiger partial charge in [0.15, 0.2) is 0 Å². The first-order valence-electron chi connectivity index (χ1n) is 9.21. The van der Waals surface area contributed by atoms with Crippen LogP contribution in [0.2, 0.25) is 0 Å². The highest BCUT2D eigenvalue weighted by molar-refractivity contribution is 5.95. The predicted octanol–water partition coefficient (Wildman–Crippen LogP) is 3.07. The molecule has 0 aromatic heterocycles. The Kier molecular flexibility index (Phi) is 4.89. The smallest absolute Gasteiger partial charge is 0.416 e. The number of amides is 2. The van der Waals surface area contributed by atoms with Crippen molar-refractivity contribution < 1.29 is 24.1 Å². The van der Waals surface area contributed by atoms with Gasteiger partial charge in [0, 0.05) is 12.1 Å². The molecular weight excluding hydrogens is 378 g/mol. The van der Waals surface area contributed by atoms with E-state index in [-0.39, 0.29) is 24.7 Å². The molecule has 2 aliphatic heterocycles. The fourth-order valence-corrected chi connectivity index (χ4v) is 3.75. The molecule has 4 rings (SSSR count). The van der Waals surface area contributed by atoms with Gasteiger partial charge in [0.05, 0.1) is 35.2 Å². The summed E-state index contributed by atoms with van der Waals surface area (Å²) in [6.45, 7) is 2.13. The molecule has 2 amide bonds. The van der Waals surface area contributed by atoms with Crippen LogP contribution in [0, 0.1) is 16.0 Å². The number of imide groups is 1. The lowest BCUT2D eigenvalue weighted by atomic mass is 9.88. The number of non-ortho nitro benzene ring substituents is 1. The van der Waals surface area contributed by atoms with Crippen LogP contribution in [0.5, 0.6) is 0 Å². The van der Waals surface area contributed by atoms with Crippen molar-refractivity contribution in [3.63, 3.8) is 0 Å². The Hall–Kier alpha value is -3.46. The molecule has 150 valence electrons. The normalized spacial score (nSPS) is 23.9. The number of ether oxygens (including phenoxy) is 1. The van der Waals surface area contributed by atoms with Gasteiger partial charge in [-0.05, 0) is 24.6 Å². The first kappa shape index (κ1) is 18.9. The Morgan fingerprint density at radius 2 is 1.83 bits per heavy atom. The average molecular weight is 397 g/mol. The van der Waals surface area contributed by atoms with E-state index in [2.05, 4.69) is 0 Å². The Balaban J connectivity index is 1.75. The number of anilines is 1. The molecule has 9 nitrogen and oxygen atoms in total. The number of hydroxylamine groups is 1. The number of nitro benzene ring substituents is 1. The van der Waals surface area contributed by atoms with Gasteiger partial charge in [-0.25, -0.2) is 14.8 Å². The molecule has 0 unspecified atom stereocenters. The Bertz CT molecular complexity index is 933. The molecule has 2 aromatic carbocycles. The van der Waals surface area contributed by atoms with Crippen molar-refractivity contribution in [2.24, 2.45) is 5.92 Å². The number of nitrogens with zero attached hydrogens (tertiary/aromatic N) is 3.